The number of aryl methyl sites for hydroxylation is 1. The first-order valence-electron chi connectivity index (χ1n) is 12.3. The molecular weight excluding hydrogens is 436 g/mol. The van der Waals surface area contributed by atoms with Gasteiger partial charge in [-0.3, -0.25) is 0 Å². The highest BCUT2D eigenvalue weighted by Gasteiger charge is 2.23. The molecule has 0 radical (unpaired) electrons. The molecule has 3 aromatic carbocycles. The fourth-order valence-corrected chi connectivity index (χ4v) is 4.93. The molecule has 34 heavy (non-hydrogen) atoms. The first kappa shape index (κ1) is 24.3. The lowest BCUT2D eigenvalue weighted by Crippen LogP contribution is -2.13. The Morgan fingerprint density at radius 2 is 1.59 bits per heavy atom. The first-order chi connectivity index (χ1) is 16.5. The van der Waals surface area contributed by atoms with Gasteiger partial charge in [-0.1, -0.05) is 56.2 Å². The minimum atomic E-state index is -1.46. The molecule has 0 aromatic heterocycles. The van der Waals surface area contributed by atoms with E-state index in [1.54, 1.807) is 18.2 Å². The van der Waals surface area contributed by atoms with Crippen LogP contribution in [0.15, 0.2) is 42.5 Å². The van der Waals surface area contributed by atoms with Crippen LogP contribution in [0.5, 0.6) is 0 Å². The number of hydrogen-bond donors (Lipinski definition) is 0. The summed E-state index contributed by atoms with van der Waals surface area (Å²) in [7, 11) is 0. The molecule has 3 aromatic rings. The second-order valence-corrected chi connectivity index (χ2v) is 9.41. The zero-order chi connectivity index (χ0) is 24.1. The molecule has 4 rings (SSSR count). The topological polar surface area (TPSA) is 0 Å². The number of hydrogen-bond acceptors (Lipinski definition) is 0. The number of halogens is 4. The van der Waals surface area contributed by atoms with E-state index in [2.05, 4.69) is 24.8 Å². The van der Waals surface area contributed by atoms with Crippen molar-refractivity contribution in [2.75, 3.05) is 0 Å². The van der Waals surface area contributed by atoms with Crippen molar-refractivity contribution in [3.63, 3.8) is 0 Å². The lowest BCUT2D eigenvalue weighted by molar-refractivity contribution is 0.376. The maximum absolute atomic E-state index is 14.8. The van der Waals surface area contributed by atoms with Crippen molar-refractivity contribution in [1.29, 1.82) is 0 Å². The second kappa shape index (κ2) is 11.1. The van der Waals surface area contributed by atoms with Crippen molar-refractivity contribution in [3.05, 3.63) is 82.4 Å². The van der Waals surface area contributed by atoms with Gasteiger partial charge in [-0.05, 0) is 85.2 Å². The zero-order valence-electron chi connectivity index (χ0n) is 19.6. The van der Waals surface area contributed by atoms with E-state index >= 15 is 0 Å². The lowest BCUT2D eigenvalue weighted by atomic mass is 9.78. The highest BCUT2D eigenvalue weighted by Crippen LogP contribution is 2.37. The van der Waals surface area contributed by atoms with Gasteiger partial charge in [-0.2, -0.15) is 0 Å². The average molecular weight is 467 g/mol. The molecule has 1 aliphatic carbocycles. The molecule has 178 valence electrons. The van der Waals surface area contributed by atoms with Gasteiger partial charge in [0.25, 0.3) is 0 Å². The van der Waals surface area contributed by atoms with Gasteiger partial charge in [-0.25, -0.2) is 17.6 Å². The molecular formula is C30H30F4. The molecule has 0 spiro atoms. The fraction of sp³-hybridized carbons (Fsp3) is 0.400. The average Bonchev–Trinajstić information content (AvgIpc) is 2.84. The highest BCUT2D eigenvalue weighted by atomic mass is 19.2. The first-order valence-corrected chi connectivity index (χ1v) is 12.3. The van der Waals surface area contributed by atoms with Gasteiger partial charge in [0.1, 0.15) is 5.82 Å². The van der Waals surface area contributed by atoms with E-state index in [0.29, 0.717) is 5.56 Å². The van der Waals surface area contributed by atoms with E-state index in [9.17, 15) is 17.6 Å². The molecule has 0 unspecified atom stereocenters. The second-order valence-electron chi connectivity index (χ2n) is 9.41. The largest absolute Gasteiger partial charge is 0.207 e. The lowest BCUT2D eigenvalue weighted by Gasteiger charge is -2.26. The molecule has 1 aliphatic rings. The Hall–Kier alpha value is -2.80. The molecule has 0 bridgehead atoms. The Balaban J connectivity index is 1.36. The molecule has 0 nitrogen and oxygen atoms in total. The van der Waals surface area contributed by atoms with Gasteiger partial charge in [0.05, 0.1) is 0 Å². The maximum Gasteiger partial charge on any atom is 0.195 e. The predicted octanol–water partition coefficient (Wildman–Crippen LogP) is 8.84. The van der Waals surface area contributed by atoms with Crippen molar-refractivity contribution in [1.82, 2.24) is 0 Å². The maximum atomic E-state index is 14.8. The fourth-order valence-electron chi connectivity index (χ4n) is 4.93. The normalized spacial score (nSPS) is 18.0. The van der Waals surface area contributed by atoms with E-state index in [4.69, 9.17) is 0 Å². The van der Waals surface area contributed by atoms with Crippen molar-refractivity contribution in [2.24, 2.45) is 5.92 Å². The van der Waals surface area contributed by atoms with Gasteiger partial charge >= 0.3 is 0 Å². The van der Waals surface area contributed by atoms with Crippen LogP contribution in [0.1, 0.15) is 80.9 Å². The molecule has 1 fully saturated rings. The smallest absolute Gasteiger partial charge is 0.195 e. The van der Waals surface area contributed by atoms with E-state index in [1.165, 1.54) is 25.3 Å². The minimum Gasteiger partial charge on any atom is -0.207 e. The summed E-state index contributed by atoms with van der Waals surface area (Å²) in [5.41, 5.74) is 2.53. The van der Waals surface area contributed by atoms with E-state index < -0.39 is 17.5 Å². The van der Waals surface area contributed by atoms with Gasteiger partial charge in [0.15, 0.2) is 17.5 Å². The molecule has 4 heteroatoms. The third kappa shape index (κ3) is 5.63. The van der Waals surface area contributed by atoms with Crippen LogP contribution in [0.25, 0.3) is 10.8 Å². The monoisotopic (exact) mass is 466 g/mol. The quantitative estimate of drug-likeness (QED) is 0.147. The van der Waals surface area contributed by atoms with Gasteiger partial charge in [0, 0.05) is 16.9 Å². The predicted molar refractivity (Wildman–Crippen MR) is 130 cm³/mol. The summed E-state index contributed by atoms with van der Waals surface area (Å²) in [4.78, 5) is 0. The Morgan fingerprint density at radius 3 is 2.32 bits per heavy atom. The summed E-state index contributed by atoms with van der Waals surface area (Å²) in [5, 5.41) is 0.329. The summed E-state index contributed by atoms with van der Waals surface area (Å²) < 4.78 is 55.7. The summed E-state index contributed by atoms with van der Waals surface area (Å²) in [5.74, 6) is 2.86. The highest BCUT2D eigenvalue weighted by molar-refractivity contribution is 5.84. The molecule has 0 heterocycles. The van der Waals surface area contributed by atoms with Gasteiger partial charge < -0.3 is 0 Å². The van der Waals surface area contributed by atoms with Crippen LogP contribution in [-0.2, 0) is 6.42 Å². The Bertz CT molecular complexity index is 1210. The molecule has 0 saturated heterocycles. The van der Waals surface area contributed by atoms with Crippen molar-refractivity contribution in [3.8, 4) is 11.8 Å². The van der Waals surface area contributed by atoms with E-state index in [0.717, 1.165) is 55.7 Å². The number of fused-ring (bicyclic) bond motifs is 1. The van der Waals surface area contributed by atoms with Crippen LogP contribution in [0.2, 0.25) is 0 Å². The van der Waals surface area contributed by atoms with E-state index in [1.807, 2.05) is 6.07 Å². The van der Waals surface area contributed by atoms with Gasteiger partial charge in [-0.15, -0.1) is 0 Å². The summed E-state index contributed by atoms with van der Waals surface area (Å²) >= 11 is 0. The molecule has 1 saturated carbocycles. The van der Waals surface area contributed by atoms with Crippen LogP contribution < -0.4 is 0 Å². The molecule has 0 amide bonds. The standard InChI is InChI=1S/C30H30F4/c1-2-3-4-5-6-21-11-15-25(27(31)18-21)23-13-9-20(10-14-23)7-8-22-12-16-26-24(17-22)19-28(32)30(34)29(26)33/h11-12,15-20,23H,2-6,9-10,13-14H2,1H3. The van der Waals surface area contributed by atoms with Crippen LogP contribution in [0.4, 0.5) is 17.6 Å². The number of rotatable bonds is 6. The summed E-state index contributed by atoms with van der Waals surface area (Å²) in [6, 6.07) is 11.4. The Morgan fingerprint density at radius 1 is 0.794 bits per heavy atom. The molecule has 0 atom stereocenters. The number of unbranched alkanes of at least 4 members (excludes halogenated alkanes) is 3. The zero-order valence-corrected chi connectivity index (χ0v) is 19.6. The van der Waals surface area contributed by atoms with Crippen LogP contribution >= 0.6 is 0 Å². The minimum absolute atomic E-state index is 0.0407. The van der Waals surface area contributed by atoms with Crippen molar-refractivity contribution in [2.45, 2.75) is 70.6 Å². The summed E-state index contributed by atoms with van der Waals surface area (Å²) in [6.45, 7) is 2.19. The van der Waals surface area contributed by atoms with E-state index in [-0.39, 0.29) is 28.4 Å². The molecule has 0 aliphatic heterocycles. The number of benzene rings is 3. The van der Waals surface area contributed by atoms with Gasteiger partial charge in [0.2, 0.25) is 0 Å². The molecule has 0 N–H and O–H groups in total. The van der Waals surface area contributed by atoms with Crippen molar-refractivity contribution < 1.29 is 17.6 Å². The van der Waals surface area contributed by atoms with Crippen molar-refractivity contribution >= 4 is 10.8 Å². The summed E-state index contributed by atoms with van der Waals surface area (Å²) in [6.07, 6.45) is 9.21. The third-order valence-corrected chi connectivity index (χ3v) is 6.94. The SMILES string of the molecule is CCCCCCc1ccc(C2CCC(C#Cc3ccc4c(F)c(F)c(F)cc4c3)CC2)c(F)c1. The van der Waals surface area contributed by atoms with Crippen LogP contribution in [-0.4, -0.2) is 0 Å². The van der Waals surface area contributed by atoms with Crippen LogP contribution in [0, 0.1) is 41.0 Å². The van der Waals surface area contributed by atoms with Crippen LogP contribution in [0.3, 0.4) is 0 Å². The Kier molecular flexibility index (Phi) is 7.93. The Labute approximate surface area is 199 Å². The third-order valence-electron chi connectivity index (χ3n) is 6.94.